The Bertz CT molecular complexity index is 1020. The molecule has 0 saturated carbocycles. The van der Waals surface area contributed by atoms with E-state index >= 15 is 0 Å². The van der Waals surface area contributed by atoms with Crippen molar-refractivity contribution in [3.63, 3.8) is 0 Å². The minimum Gasteiger partial charge on any atom is -0.389 e. The average molecular weight is 528 g/mol. The Morgan fingerprint density at radius 3 is 2.76 bits per heavy atom. The zero-order chi connectivity index (χ0) is 24.2. The molecule has 4 rings (SSSR count). The van der Waals surface area contributed by atoms with Gasteiger partial charge in [-0.25, -0.2) is 4.98 Å². The van der Waals surface area contributed by atoms with Gasteiger partial charge in [0, 0.05) is 23.1 Å². The maximum Gasteiger partial charge on any atom is 0.237 e. The Morgan fingerprint density at radius 1 is 1.24 bits per heavy atom. The highest BCUT2D eigenvalue weighted by atomic mass is 35.5. The summed E-state index contributed by atoms with van der Waals surface area (Å²) in [6, 6.07) is 4.68. The van der Waals surface area contributed by atoms with Crippen LogP contribution in [0, 0.1) is 0 Å². The Kier molecular flexibility index (Phi) is 8.37. The van der Waals surface area contributed by atoms with Crippen LogP contribution in [0.25, 0.3) is 0 Å². The first kappa shape index (κ1) is 25.3. The smallest absolute Gasteiger partial charge is 0.237 e. The third kappa shape index (κ3) is 6.04. The molecule has 4 atom stereocenters. The number of benzene rings is 1. The van der Waals surface area contributed by atoms with E-state index in [0.29, 0.717) is 46.3 Å². The number of hydrogen-bond donors (Lipinski definition) is 4. The van der Waals surface area contributed by atoms with Gasteiger partial charge in [0.25, 0.3) is 0 Å². The Hall–Kier alpha value is -1.84. The van der Waals surface area contributed by atoms with Crippen molar-refractivity contribution in [2.45, 2.75) is 56.8 Å². The van der Waals surface area contributed by atoms with Gasteiger partial charge in [-0.15, -0.1) is 0 Å². The van der Waals surface area contributed by atoms with E-state index in [4.69, 9.17) is 34.8 Å². The number of aliphatic hydroxyl groups excluding tert-OH is 1. The Morgan fingerprint density at radius 2 is 2.06 bits per heavy atom. The van der Waals surface area contributed by atoms with Crippen molar-refractivity contribution in [2.24, 2.45) is 0 Å². The fourth-order valence-electron chi connectivity index (χ4n) is 4.39. The van der Waals surface area contributed by atoms with Crippen molar-refractivity contribution in [1.29, 1.82) is 0 Å². The lowest BCUT2D eigenvalue weighted by Crippen LogP contribution is -2.58. The molecule has 4 N–H and O–H groups in total. The van der Waals surface area contributed by atoms with Crippen LogP contribution in [-0.2, 0) is 4.79 Å². The number of amides is 1. The molecule has 2 aliphatic rings. The third-order valence-electron chi connectivity index (χ3n) is 6.33. The molecule has 2 fully saturated rings. The molecular weight excluding hydrogens is 499 g/mol. The molecule has 2 aromatic rings. The number of piperidine rings is 2. The van der Waals surface area contributed by atoms with Crippen LogP contribution < -0.4 is 20.9 Å². The van der Waals surface area contributed by atoms with Gasteiger partial charge in [0.1, 0.15) is 5.02 Å². The van der Waals surface area contributed by atoms with E-state index in [1.807, 2.05) is 17.9 Å². The highest BCUT2D eigenvalue weighted by Gasteiger charge is 2.32. The number of β-amino-alcohol motifs (C(OH)–C–C–N with tert-alkyl or cyclic N) is 1. The lowest BCUT2D eigenvalue weighted by atomic mass is 9.99. The van der Waals surface area contributed by atoms with Crippen LogP contribution in [0.3, 0.4) is 0 Å². The number of carbonyl (C=O) groups is 1. The summed E-state index contributed by atoms with van der Waals surface area (Å²) in [5, 5.41) is 21.8. The van der Waals surface area contributed by atoms with E-state index < -0.39 is 6.10 Å². The van der Waals surface area contributed by atoms with Crippen molar-refractivity contribution in [3.05, 3.63) is 45.0 Å². The highest BCUT2D eigenvalue weighted by Crippen LogP contribution is 2.31. The second-order valence-electron chi connectivity index (χ2n) is 8.82. The molecule has 0 bridgehead atoms. The minimum absolute atomic E-state index is 0.0405. The summed E-state index contributed by atoms with van der Waals surface area (Å²) in [6.45, 7) is 3.71. The van der Waals surface area contributed by atoms with Crippen LogP contribution in [0.5, 0.6) is 0 Å². The van der Waals surface area contributed by atoms with Crippen LogP contribution in [-0.4, -0.2) is 58.8 Å². The first-order chi connectivity index (χ1) is 16.3. The van der Waals surface area contributed by atoms with Crippen molar-refractivity contribution >= 4 is 52.5 Å². The molecule has 8 nitrogen and oxygen atoms in total. The molecule has 0 spiro atoms. The number of anilines is 2. The standard InChI is InChI=1S/C23H29Cl3N6O2/c1-13(15-6-5-14(24)10-16(15)25)29-21-17(26)11-28-23(31-21)32-9-7-18(20(33)12-32)30-22(34)19-4-2-3-8-27-19/h5-6,10-11,13,18-20,27,33H,2-4,7-9,12H2,1H3,(H,30,34)(H,28,29,31)/t13-,18+,19-,20+/m1/s1. The molecule has 1 aromatic carbocycles. The summed E-state index contributed by atoms with van der Waals surface area (Å²) in [5.41, 5.74) is 0.863. The van der Waals surface area contributed by atoms with E-state index in [1.165, 1.54) is 6.20 Å². The zero-order valence-corrected chi connectivity index (χ0v) is 21.2. The second kappa shape index (κ2) is 11.3. The molecular formula is C23H29Cl3N6O2. The lowest BCUT2D eigenvalue weighted by molar-refractivity contribution is -0.125. The van der Waals surface area contributed by atoms with Crippen molar-refractivity contribution in [1.82, 2.24) is 20.6 Å². The van der Waals surface area contributed by atoms with Gasteiger partial charge in [-0.2, -0.15) is 4.98 Å². The average Bonchev–Trinajstić information content (AvgIpc) is 2.82. The summed E-state index contributed by atoms with van der Waals surface area (Å²) in [7, 11) is 0. The van der Waals surface area contributed by atoms with Gasteiger partial charge in [0.15, 0.2) is 5.82 Å². The third-order valence-corrected chi connectivity index (χ3v) is 7.17. The Labute approximate surface area is 214 Å². The summed E-state index contributed by atoms with van der Waals surface area (Å²) < 4.78 is 0. The maximum absolute atomic E-state index is 12.5. The largest absolute Gasteiger partial charge is 0.389 e. The molecule has 2 aliphatic heterocycles. The molecule has 34 heavy (non-hydrogen) atoms. The van der Waals surface area contributed by atoms with Gasteiger partial charge >= 0.3 is 0 Å². The van der Waals surface area contributed by atoms with E-state index in [2.05, 4.69) is 25.9 Å². The van der Waals surface area contributed by atoms with E-state index in [1.54, 1.807) is 12.1 Å². The number of nitrogens with one attached hydrogen (secondary N) is 3. The number of hydrogen-bond acceptors (Lipinski definition) is 7. The van der Waals surface area contributed by atoms with E-state index in [-0.39, 0.29) is 24.0 Å². The topological polar surface area (TPSA) is 102 Å². The number of aromatic nitrogens is 2. The van der Waals surface area contributed by atoms with Gasteiger partial charge < -0.3 is 26.0 Å². The molecule has 184 valence electrons. The van der Waals surface area contributed by atoms with Crippen molar-refractivity contribution < 1.29 is 9.90 Å². The summed E-state index contributed by atoms with van der Waals surface area (Å²) in [5.74, 6) is 0.888. The molecule has 0 unspecified atom stereocenters. The lowest BCUT2D eigenvalue weighted by Gasteiger charge is -2.37. The molecule has 0 aliphatic carbocycles. The van der Waals surface area contributed by atoms with Crippen LogP contribution in [0.1, 0.15) is 44.2 Å². The van der Waals surface area contributed by atoms with Gasteiger partial charge in [0.05, 0.1) is 30.4 Å². The monoisotopic (exact) mass is 526 g/mol. The first-order valence-corrected chi connectivity index (χ1v) is 12.7. The summed E-state index contributed by atoms with van der Waals surface area (Å²) >= 11 is 18.7. The number of halogens is 3. The van der Waals surface area contributed by atoms with Crippen molar-refractivity contribution in [2.75, 3.05) is 29.9 Å². The SMILES string of the molecule is C[C@@H](Nc1nc(N2CC[C@H](NC(=O)[C@H]3CCCCN3)[C@@H](O)C2)ncc1Cl)c1ccc(Cl)cc1Cl. The predicted molar refractivity (Wildman–Crippen MR) is 136 cm³/mol. The maximum atomic E-state index is 12.5. The summed E-state index contributed by atoms with van der Waals surface area (Å²) in [6.07, 6.45) is 4.36. The number of rotatable bonds is 6. The van der Waals surface area contributed by atoms with E-state index in [0.717, 1.165) is 31.4 Å². The highest BCUT2D eigenvalue weighted by molar-refractivity contribution is 6.35. The van der Waals surface area contributed by atoms with Crippen LogP contribution in [0.2, 0.25) is 15.1 Å². The molecule has 1 aromatic heterocycles. The number of aliphatic hydroxyl groups is 1. The van der Waals surface area contributed by atoms with Crippen LogP contribution in [0.15, 0.2) is 24.4 Å². The van der Waals surface area contributed by atoms with Crippen LogP contribution >= 0.6 is 34.8 Å². The fraction of sp³-hybridized carbons (Fsp3) is 0.522. The van der Waals surface area contributed by atoms with E-state index in [9.17, 15) is 9.90 Å². The quantitative estimate of drug-likeness (QED) is 0.453. The van der Waals surface area contributed by atoms with Crippen molar-refractivity contribution in [3.8, 4) is 0 Å². The molecule has 11 heteroatoms. The second-order valence-corrected chi connectivity index (χ2v) is 10.1. The molecule has 2 saturated heterocycles. The Balaban J connectivity index is 1.39. The first-order valence-electron chi connectivity index (χ1n) is 11.5. The van der Waals surface area contributed by atoms with Crippen LogP contribution in [0.4, 0.5) is 11.8 Å². The number of nitrogens with zero attached hydrogens (tertiary/aromatic N) is 3. The minimum atomic E-state index is -0.733. The summed E-state index contributed by atoms with van der Waals surface area (Å²) in [4.78, 5) is 23.4. The molecule has 0 radical (unpaired) electrons. The predicted octanol–water partition coefficient (Wildman–Crippen LogP) is 3.81. The molecule has 1 amide bonds. The number of carbonyl (C=O) groups excluding carboxylic acids is 1. The van der Waals surface area contributed by atoms with Gasteiger partial charge in [-0.3, -0.25) is 4.79 Å². The fourth-order valence-corrected chi connectivity index (χ4v) is 5.11. The normalized spacial score (nSPS) is 23.9. The van der Waals surface area contributed by atoms with Gasteiger partial charge in [0.2, 0.25) is 11.9 Å². The zero-order valence-electron chi connectivity index (χ0n) is 18.9. The van der Waals surface area contributed by atoms with Gasteiger partial charge in [-0.1, -0.05) is 47.3 Å². The van der Waals surface area contributed by atoms with Gasteiger partial charge in [-0.05, 0) is 50.4 Å². The molecule has 3 heterocycles.